The number of carbonyl (C=O) groups is 2. The molecule has 2 N–H and O–H groups in total. The molecule has 0 saturated carbocycles. The summed E-state index contributed by atoms with van der Waals surface area (Å²) in [5.74, 6) is -0.865. The van der Waals surface area contributed by atoms with Gasteiger partial charge in [-0.1, -0.05) is 193 Å². The molecule has 1 heterocycles. The molecule has 0 aliphatic carbocycles. The molecule has 1 saturated heterocycles. The summed E-state index contributed by atoms with van der Waals surface area (Å²) in [6.07, 6.45) is 37.0. The lowest BCUT2D eigenvalue weighted by Gasteiger charge is -2.29. The number of unbranched alkanes of at least 4 members (excludes halogenated alkanes) is 25. The number of hydrogen-bond acceptors (Lipinski definition) is 6. The highest BCUT2D eigenvalue weighted by Gasteiger charge is 2.48. The standard InChI is InChI=1S/C47H81NO5/c1-4-6-8-10-12-14-16-18-20-21-23-25-27-29-31-42(50)39-44-46(51)45(47(52)53-3)43(48(44)38-37-40-33-35-41(49)36-34-40)32-30-28-26-24-22-19-17-15-13-11-9-7-5-2/h33-36,39,43,45-46,49,51H,4-32,37-38H2,1-3H3. The number of nitrogens with zero attached hydrogens (tertiary/aromatic N) is 1. The van der Waals surface area contributed by atoms with E-state index in [1.807, 2.05) is 12.1 Å². The topological polar surface area (TPSA) is 87.1 Å². The fourth-order valence-electron chi connectivity index (χ4n) is 8.18. The van der Waals surface area contributed by atoms with E-state index in [1.54, 1.807) is 18.2 Å². The van der Waals surface area contributed by atoms with Crippen LogP contribution in [0.4, 0.5) is 0 Å². The maximum atomic E-state index is 13.3. The summed E-state index contributed by atoms with van der Waals surface area (Å²) in [6, 6.07) is 6.97. The Morgan fingerprint density at radius 1 is 0.642 bits per heavy atom. The summed E-state index contributed by atoms with van der Waals surface area (Å²) < 4.78 is 5.22. The molecule has 304 valence electrons. The Bertz CT molecular complexity index is 1080. The van der Waals surface area contributed by atoms with Crippen LogP contribution in [0.1, 0.15) is 206 Å². The number of methoxy groups -OCH3 is 1. The molecule has 1 aliphatic rings. The van der Waals surface area contributed by atoms with Crippen molar-refractivity contribution < 1.29 is 24.5 Å². The number of aromatic hydroxyl groups is 1. The Morgan fingerprint density at radius 2 is 1.06 bits per heavy atom. The number of ether oxygens (including phenoxy) is 1. The van der Waals surface area contributed by atoms with Crippen LogP contribution in [0.3, 0.4) is 0 Å². The Kier molecular flexibility index (Phi) is 27.3. The highest BCUT2D eigenvalue weighted by Crippen LogP contribution is 2.37. The Balaban J connectivity index is 1.86. The van der Waals surface area contributed by atoms with Crippen molar-refractivity contribution in [3.05, 3.63) is 41.6 Å². The minimum Gasteiger partial charge on any atom is -0.508 e. The first-order valence-electron chi connectivity index (χ1n) is 22.5. The van der Waals surface area contributed by atoms with Crippen molar-refractivity contribution in [1.29, 1.82) is 0 Å². The number of phenolic OH excluding ortho intramolecular Hbond substituents is 1. The lowest BCUT2D eigenvalue weighted by molar-refractivity contribution is -0.149. The van der Waals surface area contributed by atoms with E-state index in [2.05, 4.69) is 18.7 Å². The zero-order valence-corrected chi connectivity index (χ0v) is 34.6. The van der Waals surface area contributed by atoms with Gasteiger partial charge in [0, 0.05) is 30.8 Å². The van der Waals surface area contributed by atoms with Gasteiger partial charge < -0.3 is 19.8 Å². The highest BCUT2D eigenvalue weighted by atomic mass is 16.5. The van der Waals surface area contributed by atoms with Crippen LogP contribution >= 0.6 is 0 Å². The van der Waals surface area contributed by atoms with E-state index in [4.69, 9.17) is 4.74 Å². The SMILES string of the molecule is CCCCCCCCCCCCCCCCC(=O)C=C1C(O)C(C(=O)OC)C(CCCCCCCCCCCCCCC)N1CCc1ccc(O)cc1. The van der Waals surface area contributed by atoms with Gasteiger partial charge >= 0.3 is 5.97 Å². The zero-order valence-electron chi connectivity index (χ0n) is 34.6. The Hall–Kier alpha value is -2.34. The number of phenols is 1. The number of rotatable bonds is 34. The molecule has 6 nitrogen and oxygen atoms in total. The van der Waals surface area contributed by atoms with Gasteiger partial charge in [0.2, 0.25) is 0 Å². The quantitative estimate of drug-likeness (QED) is 0.0416. The van der Waals surface area contributed by atoms with E-state index in [-0.39, 0.29) is 17.6 Å². The molecule has 1 aromatic rings. The van der Waals surface area contributed by atoms with E-state index in [0.717, 1.165) is 44.1 Å². The maximum absolute atomic E-state index is 13.3. The second kappa shape index (κ2) is 30.9. The molecule has 3 unspecified atom stereocenters. The van der Waals surface area contributed by atoms with Crippen LogP contribution in [-0.2, 0) is 20.7 Å². The van der Waals surface area contributed by atoms with Crippen LogP contribution in [0, 0.1) is 5.92 Å². The molecule has 0 bridgehead atoms. The molecule has 53 heavy (non-hydrogen) atoms. The van der Waals surface area contributed by atoms with Crippen LogP contribution in [0.2, 0.25) is 0 Å². The molecule has 3 atom stereocenters. The van der Waals surface area contributed by atoms with Crippen molar-refractivity contribution in [3.63, 3.8) is 0 Å². The number of benzene rings is 1. The van der Waals surface area contributed by atoms with Crippen molar-refractivity contribution in [2.45, 2.75) is 219 Å². The molecule has 0 radical (unpaired) electrons. The lowest BCUT2D eigenvalue weighted by atomic mass is 9.92. The van der Waals surface area contributed by atoms with E-state index < -0.39 is 18.0 Å². The third-order valence-electron chi connectivity index (χ3n) is 11.5. The minimum absolute atomic E-state index is 0.0258. The van der Waals surface area contributed by atoms with Crippen LogP contribution in [0.5, 0.6) is 5.75 Å². The summed E-state index contributed by atoms with van der Waals surface area (Å²) in [7, 11) is 1.39. The number of aliphatic hydroxyl groups is 1. The molecule has 0 amide bonds. The predicted molar refractivity (Wildman–Crippen MR) is 222 cm³/mol. The number of hydrogen-bond donors (Lipinski definition) is 2. The summed E-state index contributed by atoms with van der Waals surface area (Å²) >= 11 is 0. The van der Waals surface area contributed by atoms with E-state index >= 15 is 0 Å². The molecule has 1 aromatic carbocycles. The number of esters is 1. The summed E-state index contributed by atoms with van der Waals surface area (Å²) in [5.41, 5.74) is 1.63. The third kappa shape index (κ3) is 20.8. The normalized spacial score (nSPS) is 17.9. The fourth-order valence-corrected chi connectivity index (χ4v) is 8.18. The second-order valence-corrected chi connectivity index (χ2v) is 16.1. The summed E-state index contributed by atoms with van der Waals surface area (Å²) in [6.45, 7) is 5.12. The highest BCUT2D eigenvalue weighted by molar-refractivity contribution is 5.90. The molecule has 6 heteroatoms. The number of carbonyl (C=O) groups excluding carboxylic acids is 2. The number of aliphatic hydroxyl groups excluding tert-OH is 1. The monoisotopic (exact) mass is 740 g/mol. The summed E-state index contributed by atoms with van der Waals surface area (Å²) in [5, 5.41) is 21.4. The number of likely N-dealkylation sites (tertiary alicyclic amines) is 1. The van der Waals surface area contributed by atoms with Crippen molar-refractivity contribution in [2.75, 3.05) is 13.7 Å². The third-order valence-corrected chi connectivity index (χ3v) is 11.5. The van der Waals surface area contributed by atoms with Crippen LogP contribution < -0.4 is 0 Å². The van der Waals surface area contributed by atoms with Gasteiger partial charge in [0.25, 0.3) is 0 Å². The van der Waals surface area contributed by atoms with E-state index in [1.165, 1.54) is 148 Å². The van der Waals surface area contributed by atoms with Gasteiger partial charge in [-0.15, -0.1) is 0 Å². The molecule has 0 aromatic heterocycles. The zero-order chi connectivity index (χ0) is 38.4. The Morgan fingerprint density at radius 3 is 1.49 bits per heavy atom. The fraction of sp³-hybridized carbons (Fsp3) is 0.787. The maximum Gasteiger partial charge on any atom is 0.313 e. The summed E-state index contributed by atoms with van der Waals surface area (Å²) in [4.78, 5) is 28.6. The number of allylic oxidation sites excluding steroid dienone is 1. The Labute approximate surface area is 325 Å². The van der Waals surface area contributed by atoms with E-state index in [9.17, 15) is 19.8 Å². The lowest BCUT2D eigenvalue weighted by Crippen LogP contribution is -2.38. The van der Waals surface area contributed by atoms with Gasteiger partial charge in [-0.05, 0) is 37.0 Å². The van der Waals surface area contributed by atoms with Crippen LogP contribution in [0.15, 0.2) is 36.0 Å². The molecular formula is C47H81NO5. The second-order valence-electron chi connectivity index (χ2n) is 16.1. The molecule has 1 aliphatic heterocycles. The predicted octanol–water partition coefficient (Wildman–Crippen LogP) is 12.6. The molecular weight excluding hydrogens is 659 g/mol. The van der Waals surface area contributed by atoms with Crippen molar-refractivity contribution in [1.82, 2.24) is 4.90 Å². The van der Waals surface area contributed by atoms with Gasteiger partial charge in [0.15, 0.2) is 5.78 Å². The van der Waals surface area contributed by atoms with Crippen molar-refractivity contribution >= 4 is 11.8 Å². The first-order valence-corrected chi connectivity index (χ1v) is 22.5. The number of ketones is 1. The van der Waals surface area contributed by atoms with Crippen molar-refractivity contribution in [3.8, 4) is 5.75 Å². The molecule has 0 spiro atoms. The van der Waals surface area contributed by atoms with Gasteiger partial charge in [-0.2, -0.15) is 0 Å². The average Bonchev–Trinajstić information content (AvgIpc) is 3.41. The van der Waals surface area contributed by atoms with Crippen LogP contribution in [-0.4, -0.2) is 52.7 Å². The molecule has 1 fully saturated rings. The smallest absolute Gasteiger partial charge is 0.313 e. The van der Waals surface area contributed by atoms with Crippen LogP contribution in [0.25, 0.3) is 0 Å². The van der Waals surface area contributed by atoms with Crippen molar-refractivity contribution in [2.24, 2.45) is 5.92 Å². The van der Waals surface area contributed by atoms with Gasteiger partial charge in [-0.3, -0.25) is 9.59 Å². The largest absolute Gasteiger partial charge is 0.508 e. The van der Waals surface area contributed by atoms with Gasteiger partial charge in [-0.25, -0.2) is 0 Å². The average molecular weight is 740 g/mol. The first-order chi connectivity index (χ1) is 25.9. The van der Waals surface area contributed by atoms with Gasteiger partial charge in [0.05, 0.1) is 7.11 Å². The molecule has 2 rings (SSSR count). The van der Waals surface area contributed by atoms with Gasteiger partial charge in [0.1, 0.15) is 17.8 Å². The first kappa shape index (κ1) is 46.8. The van der Waals surface area contributed by atoms with E-state index in [0.29, 0.717) is 25.1 Å². The minimum atomic E-state index is -1.06.